The molecule has 3 rings (SSSR count). The van der Waals surface area contributed by atoms with Gasteiger partial charge >= 0.3 is 0 Å². The molecule has 0 unspecified atom stereocenters. The van der Waals surface area contributed by atoms with Gasteiger partial charge in [0.2, 0.25) is 0 Å². The van der Waals surface area contributed by atoms with E-state index in [4.69, 9.17) is 0 Å². The average molecular weight is 235 g/mol. The van der Waals surface area contributed by atoms with E-state index in [9.17, 15) is 5.11 Å². The highest BCUT2D eigenvalue weighted by Crippen LogP contribution is 2.37. The molecule has 0 spiro atoms. The Bertz CT molecular complexity index is 304. The van der Waals surface area contributed by atoms with E-state index in [1.165, 1.54) is 44.9 Å². The molecule has 2 heteroatoms. The highest BCUT2D eigenvalue weighted by Gasteiger charge is 2.30. The molecule has 3 aliphatic rings. The second-order valence-corrected chi connectivity index (χ2v) is 6.21. The minimum Gasteiger partial charge on any atom is -0.393 e. The summed E-state index contributed by atoms with van der Waals surface area (Å²) >= 11 is 0. The van der Waals surface area contributed by atoms with Crippen molar-refractivity contribution < 1.29 is 5.11 Å². The standard InChI is InChI=1S/C15H25NO/c17-15-7-6-11-8-14(9-12(11)10-15)16-13-4-2-1-3-5-13/h13-17H,1-10H2/t14-,15-/m1/s1. The molecule has 1 fully saturated rings. The summed E-state index contributed by atoms with van der Waals surface area (Å²) in [6.07, 6.45) is 12.5. The highest BCUT2D eigenvalue weighted by molar-refractivity contribution is 5.26. The molecule has 0 amide bonds. The Morgan fingerprint density at radius 1 is 0.824 bits per heavy atom. The lowest BCUT2D eigenvalue weighted by atomic mass is 9.92. The van der Waals surface area contributed by atoms with Gasteiger partial charge in [0.05, 0.1) is 6.10 Å². The maximum Gasteiger partial charge on any atom is 0.0580 e. The fourth-order valence-corrected chi connectivity index (χ4v) is 3.91. The van der Waals surface area contributed by atoms with Crippen molar-refractivity contribution in [3.05, 3.63) is 11.1 Å². The molecule has 0 bridgehead atoms. The van der Waals surface area contributed by atoms with E-state index in [0.717, 1.165) is 25.3 Å². The normalized spacial score (nSPS) is 35.1. The number of hydrogen-bond donors (Lipinski definition) is 2. The molecule has 3 aliphatic carbocycles. The Labute approximate surface area is 104 Å². The zero-order valence-electron chi connectivity index (χ0n) is 10.8. The summed E-state index contributed by atoms with van der Waals surface area (Å²) < 4.78 is 0. The topological polar surface area (TPSA) is 32.3 Å². The smallest absolute Gasteiger partial charge is 0.0580 e. The molecule has 0 aromatic carbocycles. The fourth-order valence-electron chi connectivity index (χ4n) is 3.91. The van der Waals surface area contributed by atoms with E-state index >= 15 is 0 Å². The Balaban J connectivity index is 1.52. The van der Waals surface area contributed by atoms with Crippen LogP contribution in [0.3, 0.4) is 0 Å². The molecule has 1 saturated carbocycles. The van der Waals surface area contributed by atoms with Gasteiger partial charge in [-0.3, -0.25) is 0 Å². The van der Waals surface area contributed by atoms with Crippen LogP contribution in [-0.2, 0) is 0 Å². The van der Waals surface area contributed by atoms with E-state index in [1.54, 1.807) is 11.1 Å². The van der Waals surface area contributed by atoms with E-state index in [-0.39, 0.29) is 6.10 Å². The third-order valence-corrected chi connectivity index (χ3v) is 4.82. The molecule has 0 aliphatic heterocycles. The van der Waals surface area contributed by atoms with Crippen LogP contribution < -0.4 is 5.32 Å². The molecule has 2 N–H and O–H groups in total. The van der Waals surface area contributed by atoms with Gasteiger partial charge in [0.15, 0.2) is 0 Å². The Morgan fingerprint density at radius 3 is 2.41 bits per heavy atom. The molecule has 96 valence electrons. The van der Waals surface area contributed by atoms with Gasteiger partial charge in [-0.05, 0) is 44.9 Å². The van der Waals surface area contributed by atoms with Gasteiger partial charge in [0, 0.05) is 12.1 Å². The minimum absolute atomic E-state index is 0.0535. The molecule has 2 nitrogen and oxygen atoms in total. The van der Waals surface area contributed by atoms with Gasteiger partial charge in [0.1, 0.15) is 0 Å². The zero-order valence-corrected chi connectivity index (χ0v) is 10.8. The van der Waals surface area contributed by atoms with Crippen molar-refractivity contribution in [2.45, 2.75) is 82.4 Å². The number of hydrogen-bond acceptors (Lipinski definition) is 2. The minimum atomic E-state index is -0.0535. The van der Waals surface area contributed by atoms with Crippen molar-refractivity contribution in [2.75, 3.05) is 0 Å². The van der Waals surface area contributed by atoms with Gasteiger partial charge in [-0.25, -0.2) is 0 Å². The Morgan fingerprint density at radius 2 is 1.59 bits per heavy atom. The summed E-state index contributed by atoms with van der Waals surface area (Å²) in [6.45, 7) is 0. The fraction of sp³-hybridized carbons (Fsp3) is 0.867. The lowest BCUT2D eigenvalue weighted by Gasteiger charge is -2.26. The molecular formula is C15H25NO. The van der Waals surface area contributed by atoms with E-state index in [2.05, 4.69) is 5.32 Å². The second-order valence-electron chi connectivity index (χ2n) is 6.21. The first-order valence-corrected chi connectivity index (χ1v) is 7.45. The summed E-state index contributed by atoms with van der Waals surface area (Å²) in [5, 5.41) is 13.6. The van der Waals surface area contributed by atoms with E-state index in [0.29, 0.717) is 6.04 Å². The predicted molar refractivity (Wildman–Crippen MR) is 69.9 cm³/mol. The highest BCUT2D eigenvalue weighted by atomic mass is 16.3. The van der Waals surface area contributed by atoms with Crippen LogP contribution in [0, 0.1) is 0 Å². The quantitative estimate of drug-likeness (QED) is 0.721. The van der Waals surface area contributed by atoms with Crippen LogP contribution in [0.5, 0.6) is 0 Å². The van der Waals surface area contributed by atoms with Crippen LogP contribution in [0.4, 0.5) is 0 Å². The molecule has 0 radical (unpaired) electrons. The molecule has 0 heterocycles. The van der Waals surface area contributed by atoms with Crippen molar-refractivity contribution in [1.82, 2.24) is 5.32 Å². The largest absolute Gasteiger partial charge is 0.393 e. The van der Waals surface area contributed by atoms with E-state index < -0.39 is 0 Å². The SMILES string of the molecule is O[C@@H]1CCC2=C(C1)C[C@H](NC1CCCCC1)C2. The van der Waals surface area contributed by atoms with Crippen molar-refractivity contribution in [2.24, 2.45) is 0 Å². The van der Waals surface area contributed by atoms with Gasteiger partial charge in [-0.2, -0.15) is 0 Å². The van der Waals surface area contributed by atoms with E-state index in [1.807, 2.05) is 0 Å². The first-order chi connectivity index (χ1) is 8.31. The maximum absolute atomic E-state index is 9.71. The molecule has 17 heavy (non-hydrogen) atoms. The van der Waals surface area contributed by atoms with Crippen LogP contribution >= 0.6 is 0 Å². The monoisotopic (exact) mass is 235 g/mol. The lowest BCUT2D eigenvalue weighted by molar-refractivity contribution is 0.158. The Kier molecular flexibility index (Phi) is 3.53. The number of aliphatic hydroxyl groups is 1. The lowest BCUT2D eigenvalue weighted by Crippen LogP contribution is -2.38. The summed E-state index contributed by atoms with van der Waals surface area (Å²) in [7, 11) is 0. The first-order valence-electron chi connectivity index (χ1n) is 7.45. The first kappa shape index (κ1) is 11.7. The van der Waals surface area contributed by atoms with Crippen LogP contribution in [0.25, 0.3) is 0 Å². The summed E-state index contributed by atoms with van der Waals surface area (Å²) in [5.41, 5.74) is 3.25. The summed E-state index contributed by atoms with van der Waals surface area (Å²) in [5.74, 6) is 0. The third-order valence-electron chi connectivity index (χ3n) is 4.82. The van der Waals surface area contributed by atoms with Gasteiger partial charge in [0.25, 0.3) is 0 Å². The molecule has 0 aromatic rings. The Hall–Kier alpha value is -0.340. The van der Waals surface area contributed by atoms with Crippen molar-refractivity contribution in [1.29, 1.82) is 0 Å². The van der Waals surface area contributed by atoms with Gasteiger partial charge in [-0.1, -0.05) is 30.4 Å². The number of nitrogens with one attached hydrogen (secondary N) is 1. The average Bonchev–Trinajstić information content (AvgIpc) is 2.71. The predicted octanol–water partition coefficient (Wildman–Crippen LogP) is 2.91. The zero-order chi connectivity index (χ0) is 11.7. The van der Waals surface area contributed by atoms with Crippen LogP contribution in [0.2, 0.25) is 0 Å². The summed E-state index contributed by atoms with van der Waals surface area (Å²) in [6, 6.07) is 1.47. The molecular weight excluding hydrogens is 210 g/mol. The second kappa shape index (κ2) is 5.11. The van der Waals surface area contributed by atoms with Gasteiger partial charge in [-0.15, -0.1) is 0 Å². The van der Waals surface area contributed by atoms with Crippen LogP contribution in [0.15, 0.2) is 11.1 Å². The molecule has 0 saturated heterocycles. The molecule has 2 atom stereocenters. The maximum atomic E-state index is 9.71. The number of aliphatic hydroxyl groups excluding tert-OH is 1. The van der Waals surface area contributed by atoms with Gasteiger partial charge < -0.3 is 10.4 Å². The van der Waals surface area contributed by atoms with Crippen molar-refractivity contribution in [3.8, 4) is 0 Å². The van der Waals surface area contributed by atoms with Crippen LogP contribution in [0.1, 0.15) is 64.2 Å². The summed E-state index contributed by atoms with van der Waals surface area (Å²) in [4.78, 5) is 0. The van der Waals surface area contributed by atoms with Crippen molar-refractivity contribution >= 4 is 0 Å². The molecule has 0 aromatic heterocycles. The third kappa shape index (κ3) is 2.74. The number of rotatable bonds is 2. The van der Waals surface area contributed by atoms with Crippen LogP contribution in [-0.4, -0.2) is 23.3 Å². The van der Waals surface area contributed by atoms with Crippen molar-refractivity contribution in [3.63, 3.8) is 0 Å².